The zero-order valence-corrected chi connectivity index (χ0v) is 22.5. The van der Waals surface area contributed by atoms with E-state index < -0.39 is 40.8 Å². The molecule has 198 valence electrons. The van der Waals surface area contributed by atoms with Crippen LogP contribution in [-0.4, -0.2) is 64.6 Å². The molecule has 0 amide bonds. The van der Waals surface area contributed by atoms with Crippen molar-refractivity contribution in [2.75, 3.05) is 32.8 Å². The van der Waals surface area contributed by atoms with E-state index in [-0.39, 0.29) is 17.4 Å². The van der Waals surface area contributed by atoms with E-state index in [0.717, 1.165) is 19.0 Å². The lowest BCUT2D eigenvalue weighted by atomic mass is 9.84. The summed E-state index contributed by atoms with van der Waals surface area (Å²) in [5.41, 5.74) is -4.95. The van der Waals surface area contributed by atoms with E-state index in [1.54, 1.807) is 20.8 Å². The Labute approximate surface area is 214 Å². The Kier molecular flexibility index (Phi) is 9.36. The molecule has 0 bridgehead atoms. The van der Waals surface area contributed by atoms with Gasteiger partial charge in [-0.25, -0.2) is 4.79 Å². The maximum atomic E-state index is 12.7. The average Bonchev–Trinajstić information content (AvgIpc) is 3.01. The molecule has 1 saturated carbocycles. The van der Waals surface area contributed by atoms with Crippen molar-refractivity contribution >= 4 is 21.9 Å². The number of aromatic amines is 1. The quantitative estimate of drug-likeness (QED) is 0.237. The average molecular weight is 560 g/mol. The van der Waals surface area contributed by atoms with Gasteiger partial charge in [-0.2, -0.15) is 0 Å². The number of hydrogen-bond acceptors (Lipinski definition) is 8. The molecule has 1 aliphatic carbocycles. The van der Waals surface area contributed by atoms with Crippen LogP contribution in [0.2, 0.25) is 0 Å². The lowest BCUT2D eigenvalue weighted by Crippen LogP contribution is -2.53. The number of esters is 1. The van der Waals surface area contributed by atoms with Gasteiger partial charge in [0.2, 0.25) is 0 Å². The zero-order valence-electron chi connectivity index (χ0n) is 21.0. The normalized spacial score (nSPS) is 29.4. The maximum Gasteiger partial charge on any atom is 0.330 e. The monoisotopic (exact) mass is 558 g/mol. The first-order valence-electron chi connectivity index (χ1n) is 12.5. The smallest absolute Gasteiger partial charge is 0.330 e. The minimum atomic E-state index is -1.26. The molecule has 0 unspecified atom stereocenters. The van der Waals surface area contributed by atoms with Crippen molar-refractivity contribution in [1.29, 1.82) is 0 Å². The van der Waals surface area contributed by atoms with Crippen LogP contribution >= 0.6 is 15.9 Å². The van der Waals surface area contributed by atoms with Gasteiger partial charge in [-0.1, -0.05) is 32.1 Å². The third-order valence-electron chi connectivity index (χ3n) is 7.48. The Bertz CT molecular complexity index is 993. The summed E-state index contributed by atoms with van der Waals surface area (Å²) in [5.74, 6) is 0.366. The van der Waals surface area contributed by atoms with Gasteiger partial charge in [0.25, 0.3) is 5.56 Å². The fourth-order valence-electron chi connectivity index (χ4n) is 5.28. The van der Waals surface area contributed by atoms with Crippen LogP contribution in [0.3, 0.4) is 0 Å². The highest BCUT2D eigenvalue weighted by Gasteiger charge is 2.62. The number of aromatic nitrogens is 2. The Hall–Kier alpha value is -1.53. The van der Waals surface area contributed by atoms with Crippen LogP contribution in [0.25, 0.3) is 0 Å². The summed E-state index contributed by atoms with van der Waals surface area (Å²) in [6.07, 6.45) is 9.41. The van der Waals surface area contributed by atoms with Crippen LogP contribution in [-0.2, 0) is 20.0 Å². The molecule has 0 aromatic carbocycles. The van der Waals surface area contributed by atoms with Gasteiger partial charge < -0.3 is 25.2 Å². The predicted molar refractivity (Wildman–Crippen MR) is 135 cm³/mol. The number of carbonyl (C=O) groups excluding carboxylic acids is 1. The highest BCUT2D eigenvalue weighted by Crippen LogP contribution is 2.49. The second-order valence-electron chi connectivity index (χ2n) is 10.4. The van der Waals surface area contributed by atoms with Gasteiger partial charge in [-0.15, -0.1) is 0 Å². The molecule has 0 spiro atoms. The fraction of sp³-hybridized carbons (Fsp3) is 0.792. The minimum Gasteiger partial charge on any atom is -0.455 e. The number of hydrogen-bond donors (Lipinski definition) is 4. The summed E-state index contributed by atoms with van der Waals surface area (Å²) in [6, 6.07) is 0. The number of aliphatic hydroxyl groups is 1. The molecule has 0 radical (unpaired) electrons. The molecule has 11 heteroatoms. The minimum absolute atomic E-state index is 0.0161. The molecule has 1 saturated heterocycles. The molecule has 3 rings (SSSR count). The van der Waals surface area contributed by atoms with E-state index in [1.165, 1.54) is 49.3 Å². The molecule has 2 fully saturated rings. The molecule has 2 aliphatic rings. The van der Waals surface area contributed by atoms with Crippen molar-refractivity contribution in [1.82, 2.24) is 20.2 Å². The summed E-state index contributed by atoms with van der Waals surface area (Å²) in [7, 11) is 0. The van der Waals surface area contributed by atoms with Gasteiger partial charge in [0.15, 0.2) is 5.72 Å². The molecule has 3 atom stereocenters. The first-order chi connectivity index (χ1) is 16.5. The van der Waals surface area contributed by atoms with Crippen molar-refractivity contribution < 1.29 is 19.4 Å². The van der Waals surface area contributed by atoms with Crippen LogP contribution in [0.4, 0.5) is 0 Å². The van der Waals surface area contributed by atoms with Gasteiger partial charge in [0.1, 0.15) is 11.2 Å². The number of H-pyrrole nitrogens is 1. The van der Waals surface area contributed by atoms with E-state index in [0.29, 0.717) is 6.54 Å². The van der Waals surface area contributed by atoms with Gasteiger partial charge in [0, 0.05) is 25.7 Å². The molecule has 1 aromatic heterocycles. The molecular weight excluding hydrogens is 520 g/mol. The van der Waals surface area contributed by atoms with E-state index >= 15 is 0 Å². The van der Waals surface area contributed by atoms with Gasteiger partial charge in [-0.3, -0.25) is 19.1 Å². The Morgan fingerprint density at radius 2 is 1.89 bits per heavy atom. The van der Waals surface area contributed by atoms with Crippen molar-refractivity contribution in [3.63, 3.8) is 0 Å². The van der Waals surface area contributed by atoms with Crippen molar-refractivity contribution in [3.8, 4) is 0 Å². The lowest BCUT2D eigenvalue weighted by Gasteiger charge is -2.37. The zero-order chi connectivity index (χ0) is 25.7. The topological polar surface area (TPSA) is 135 Å². The van der Waals surface area contributed by atoms with Crippen molar-refractivity contribution in [3.05, 3.63) is 31.5 Å². The first kappa shape index (κ1) is 28.0. The Morgan fingerprint density at radius 3 is 2.57 bits per heavy atom. The maximum absolute atomic E-state index is 12.7. The van der Waals surface area contributed by atoms with E-state index in [9.17, 15) is 19.5 Å². The third-order valence-corrected chi connectivity index (χ3v) is 8.05. The second kappa shape index (κ2) is 11.7. The van der Waals surface area contributed by atoms with Crippen LogP contribution in [0.5, 0.6) is 0 Å². The van der Waals surface area contributed by atoms with Crippen LogP contribution < -0.4 is 21.9 Å². The van der Waals surface area contributed by atoms with Crippen LogP contribution in [0, 0.1) is 5.92 Å². The lowest BCUT2D eigenvalue weighted by molar-refractivity contribution is -0.197. The van der Waals surface area contributed by atoms with Crippen molar-refractivity contribution in [2.24, 2.45) is 5.92 Å². The molecule has 10 nitrogen and oxygen atoms in total. The summed E-state index contributed by atoms with van der Waals surface area (Å²) in [4.78, 5) is 39.1. The molecule has 1 aromatic rings. The Balaban J connectivity index is 1.51. The van der Waals surface area contributed by atoms with Crippen LogP contribution in [0.1, 0.15) is 65.7 Å². The molecule has 4 N–H and O–H groups in total. The molecular formula is C24H39BrN4O6. The standard InChI is InChI=1S/C24H39BrN4O6/c1-22(34-19(31)13-27-12-11-26-10-9-17-7-5-4-6-8-17)15-24(3,35-23(22,2)16-30)29-14-18(25)20(32)28-21(29)33/h14,17,26-27,30H,4-13,15-16H2,1-3H3,(H,28,32,33)/t22-,23+,24+/m0/s1. The number of nitrogens with one attached hydrogen (secondary N) is 3. The number of halogens is 1. The summed E-state index contributed by atoms with van der Waals surface area (Å²) >= 11 is 3.13. The number of aliphatic hydroxyl groups excluding tert-OH is 1. The largest absolute Gasteiger partial charge is 0.455 e. The molecule has 2 heterocycles. The molecule has 35 heavy (non-hydrogen) atoms. The number of nitrogens with zero attached hydrogens (tertiary/aromatic N) is 1. The van der Waals surface area contributed by atoms with Gasteiger partial charge in [-0.05, 0) is 55.6 Å². The number of rotatable bonds is 11. The SMILES string of the molecule is C[C@]1(n2cc(Br)c(=O)[nH]c2=O)C[C@](C)(OC(=O)CNCCNCCC2CCCCC2)[C@@](C)(CO)O1. The fourth-order valence-corrected chi connectivity index (χ4v) is 5.58. The number of ether oxygens (including phenoxy) is 2. The van der Waals surface area contributed by atoms with Gasteiger partial charge in [0.05, 0.1) is 17.6 Å². The molecule has 1 aliphatic heterocycles. The van der Waals surface area contributed by atoms with Gasteiger partial charge >= 0.3 is 11.7 Å². The number of carbonyl (C=O) groups is 1. The Morgan fingerprint density at radius 1 is 1.20 bits per heavy atom. The van der Waals surface area contributed by atoms with E-state index in [1.807, 2.05) is 0 Å². The summed E-state index contributed by atoms with van der Waals surface area (Å²) in [5, 5.41) is 16.6. The summed E-state index contributed by atoms with van der Waals surface area (Å²) < 4.78 is 13.4. The third kappa shape index (κ3) is 6.62. The highest BCUT2D eigenvalue weighted by molar-refractivity contribution is 9.10. The first-order valence-corrected chi connectivity index (χ1v) is 13.3. The van der Waals surface area contributed by atoms with Crippen molar-refractivity contribution in [2.45, 2.75) is 82.6 Å². The summed E-state index contributed by atoms with van der Waals surface area (Å²) in [6.45, 7) is 6.95. The highest BCUT2D eigenvalue weighted by atomic mass is 79.9. The van der Waals surface area contributed by atoms with E-state index in [4.69, 9.17) is 9.47 Å². The van der Waals surface area contributed by atoms with E-state index in [2.05, 4.69) is 31.5 Å². The predicted octanol–water partition coefficient (Wildman–Crippen LogP) is 1.59. The van der Waals surface area contributed by atoms with Crippen LogP contribution in [0.15, 0.2) is 20.3 Å². The second-order valence-corrected chi connectivity index (χ2v) is 11.2.